The van der Waals surface area contributed by atoms with Crippen molar-refractivity contribution in [2.45, 2.75) is 18.4 Å². The van der Waals surface area contributed by atoms with E-state index in [-0.39, 0.29) is 17.1 Å². The molecule has 0 aromatic heterocycles. The second-order valence-electron chi connectivity index (χ2n) is 6.83. The molecule has 26 heavy (non-hydrogen) atoms. The highest BCUT2D eigenvalue weighted by atomic mass is 19.1. The summed E-state index contributed by atoms with van der Waals surface area (Å²) < 4.78 is 24.6. The fraction of sp³-hybridized carbons (Fsp3) is 0.632. The normalized spacial score (nSPS) is 17.2. The van der Waals surface area contributed by atoms with Crippen LogP contribution in [0.2, 0.25) is 0 Å². The number of ether oxygens (including phenoxy) is 2. The van der Waals surface area contributed by atoms with Crippen LogP contribution in [0.1, 0.15) is 12.8 Å². The first-order valence-electron chi connectivity index (χ1n) is 9.03. The number of aliphatic imine (C=N–C) groups is 1. The molecule has 0 atom stereocenters. The maximum Gasteiger partial charge on any atom is 0.193 e. The summed E-state index contributed by atoms with van der Waals surface area (Å²) in [6.07, 6.45) is 1.98. The number of hydrogen-bond acceptors (Lipinski definition) is 4. The van der Waals surface area contributed by atoms with Gasteiger partial charge in [0.05, 0.1) is 6.54 Å². The average Bonchev–Trinajstić information content (AvgIpc) is 2.64. The highest BCUT2D eigenvalue weighted by Gasteiger charge is 2.35. The zero-order valence-electron chi connectivity index (χ0n) is 16.3. The van der Waals surface area contributed by atoms with Crippen molar-refractivity contribution < 1.29 is 13.9 Å². The Labute approximate surface area is 156 Å². The molecule has 1 heterocycles. The van der Waals surface area contributed by atoms with Crippen molar-refractivity contribution >= 4 is 5.96 Å². The molecule has 7 heteroatoms. The smallest absolute Gasteiger partial charge is 0.193 e. The third-order valence-corrected chi connectivity index (χ3v) is 5.04. The topological polar surface area (TPSA) is 49.3 Å². The molecule has 1 aromatic rings. The first-order valence-corrected chi connectivity index (χ1v) is 9.03. The van der Waals surface area contributed by atoms with Crippen LogP contribution in [0.3, 0.4) is 0 Å². The SMILES string of the molecule is CN=C(NCC1(N(C)C)CCOCC1)N(C)CCOc1ccccc1F. The number of nitrogens with zero attached hydrogens (tertiary/aromatic N) is 3. The molecular formula is C19H31FN4O2. The highest BCUT2D eigenvalue weighted by Crippen LogP contribution is 2.25. The van der Waals surface area contributed by atoms with E-state index < -0.39 is 0 Å². The van der Waals surface area contributed by atoms with Gasteiger partial charge >= 0.3 is 0 Å². The molecular weight excluding hydrogens is 335 g/mol. The van der Waals surface area contributed by atoms with E-state index in [2.05, 4.69) is 29.3 Å². The van der Waals surface area contributed by atoms with Crippen LogP contribution in [0, 0.1) is 5.82 Å². The van der Waals surface area contributed by atoms with Gasteiger partial charge in [0, 0.05) is 39.4 Å². The maximum atomic E-state index is 13.6. The Morgan fingerprint density at radius 3 is 2.58 bits per heavy atom. The summed E-state index contributed by atoms with van der Waals surface area (Å²) >= 11 is 0. The molecule has 0 amide bonds. The molecule has 0 saturated carbocycles. The number of nitrogens with one attached hydrogen (secondary N) is 1. The van der Waals surface area contributed by atoms with Crippen LogP contribution in [0.5, 0.6) is 5.75 Å². The Kier molecular flexibility index (Phi) is 7.66. The number of benzene rings is 1. The Morgan fingerprint density at radius 1 is 1.27 bits per heavy atom. The number of guanidine groups is 1. The van der Waals surface area contributed by atoms with Crippen molar-refractivity contribution in [2.75, 3.05) is 61.1 Å². The molecule has 1 fully saturated rings. The molecule has 0 radical (unpaired) electrons. The summed E-state index contributed by atoms with van der Waals surface area (Å²) in [4.78, 5) is 8.62. The molecule has 1 N–H and O–H groups in total. The summed E-state index contributed by atoms with van der Waals surface area (Å²) in [7, 11) is 7.94. The zero-order chi connectivity index (χ0) is 19.0. The summed E-state index contributed by atoms with van der Waals surface area (Å²) in [5, 5.41) is 3.47. The Morgan fingerprint density at radius 2 is 1.96 bits per heavy atom. The average molecular weight is 366 g/mol. The van der Waals surface area contributed by atoms with Gasteiger partial charge < -0.3 is 24.6 Å². The third kappa shape index (κ3) is 5.32. The van der Waals surface area contributed by atoms with E-state index in [9.17, 15) is 4.39 Å². The lowest BCUT2D eigenvalue weighted by atomic mass is 9.88. The van der Waals surface area contributed by atoms with Crippen LogP contribution in [-0.2, 0) is 4.74 Å². The predicted molar refractivity (Wildman–Crippen MR) is 102 cm³/mol. The van der Waals surface area contributed by atoms with Crippen molar-refractivity contribution in [1.29, 1.82) is 0 Å². The van der Waals surface area contributed by atoms with E-state index in [1.54, 1.807) is 25.2 Å². The van der Waals surface area contributed by atoms with Gasteiger partial charge in [0.2, 0.25) is 0 Å². The molecule has 2 rings (SSSR count). The monoisotopic (exact) mass is 366 g/mol. The van der Waals surface area contributed by atoms with Gasteiger partial charge in [-0.05, 0) is 39.1 Å². The van der Waals surface area contributed by atoms with Crippen molar-refractivity contribution in [3.8, 4) is 5.75 Å². The van der Waals surface area contributed by atoms with Crippen LogP contribution in [0.25, 0.3) is 0 Å². The van der Waals surface area contributed by atoms with E-state index in [0.29, 0.717) is 13.2 Å². The Bertz CT molecular complexity index is 589. The number of para-hydroxylation sites is 1. The first kappa shape index (κ1) is 20.5. The fourth-order valence-electron chi connectivity index (χ4n) is 3.12. The Balaban J connectivity index is 1.84. The number of rotatable bonds is 7. The van der Waals surface area contributed by atoms with Crippen LogP contribution in [-0.4, -0.2) is 82.4 Å². The Hall–Kier alpha value is -1.86. The van der Waals surface area contributed by atoms with E-state index >= 15 is 0 Å². The van der Waals surface area contributed by atoms with Gasteiger partial charge in [-0.25, -0.2) is 4.39 Å². The van der Waals surface area contributed by atoms with E-state index in [1.807, 2.05) is 11.9 Å². The third-order valence-electron chi connectivity index (χ3n) is 5.04. The number of halogens is 1. The van der Waals surface area contributed by atoms with Crippen molar-refractivity contribution in [2.24, 2.45) is 4.99 Å². The number of likely N-dealkylation sites (N-methyl/N-ethyl adjacent to an activating group) is 2. The number of hydrogen-bond donors (Lipinski definition) is 1. The molecule has 1 saturated heterocycles. The van der Waals surface area contributed by atoms with E-state index in [0.717, 1.165) is 38.6 Å². The van der Waals surface area contributed by atoms with Crippen LogP contribution in [0.15, 0.2) is 29.3 Å². The van der Waals surface area contributed by atoms with Gasteiger partial charge in [-0.2, -0.15) is 0 Å². The molecule has 1 aromatic carbocycles. The second-order valence-corrected chi connectivity index (χ2v) is 6.83. The minimum atomic E-state index is -0.342. The maximum absolute atomic E-state index is 13.6. The van der Waals surface area contributed by atoms with Crippen molar-refractivity contribution in [1.82, 2.24) is 15.1 Å². The molecule has 6 nitrogen and oxygen atoms in total. The minimum absolute atomic E-state index is 0.0682. The van der Waals surface area contributed by atoms with Gasteiger partial charge in [0.25, 0.3) is 0 Å². The zero-order valence-corrected chi connectivity index (χ0v) is 16.3. The minimum Gasteiger partial charge on any atom is -0.489 e. The van der Waals surface area contributed by atoms with E-state index in [1.165, 1.54) is 6.07 Å². The molecule has 1 aliphatic heterocycles. The van der Waals surface area contributed by atoms with E-state index in [4.69, 9.17) is 9.47 Å². The summed E-state index contributed by atoms with van der Waals surface area (Å²) in [6.45, 7) is 3.35. The molecule has 0 bridgehead atoms. The first-order chi connectivity index (χ1) is 12.5. The van der Waals surface area contributed by atoms with Gasteiger partial charge in [-0.15, -0.1) is 0 Å². The highest BCUT2D eigenvalue weighted by molar-refractivity contribution is 5.79. The second kappa shape index (κ2) is 9.73. The van der Waals surface area contributed by atoms with Gasteiger partial charge in [0.1, 0.15) is 6.61 Å². The molecule has 0 unspecified atom stereocenters. The molecule has 146 valence electrons. The summed E-state index contributed by atoms with van der Waals surface area (Å²) in [6, 6.07) is 6.44. The van der Waals surface area contributed by atoms with Crippen molar-refractivity contribution in [3.05, 3.63) is 30.1 Å². The van der Waals surface area contributed by atoms with Gasteiger partial charge in [-0.3, -0.25) is 4.99 Å². The molecule has 1 aliphatic rings. The molecule has 0 aliphatic carbocycles. The summed E-state index contributed by atoms with van der Waals surface area (Å²) in [5.41, 5.74) is 0.0682. The van der Waals surface area contributed by atoms with Gasteiger partial charge in [0.15, 0.2) is 17.5 Å². The molecule has 0 spiro atoms. The predicted octanol–water partition coefficient (Wildman–Crippen LogP) is 1.82. The van der Waals surface area contributed by atoms with Crippen LogP contribution >= 0.6 is 0 Å². The standard InChI is InChI=1S/C19H31FN4O2/c1-21-18(22-15-19(23(2)3)9-12-25-13-10-19)24(4)11-14-26-17-8-6-5-7-16(17)20/h5-8H,9-15H2,1-4H3,(H,21,22). The lowest BCUT2D eigenvalue weighted by molar-refractivity contribution is -0.00522. The lowest BCUT2D eigenvalue weighted by Gasteiger charge is -2.43. The summed E-state index contributed by atoms with van der Waals surface area (Å²) in [5.74, 6) is 0.734. The van der Waals surface area contributed by atoms with Crippen LogP contribution < -0.4 is 10.1 Å². The van der Waals surface area contributed by atoms with Crippen molar-refractivity contribution in [3.63, 3.8) is 0 Å². The van der Waals surface area contributed by atoms with Crippen LogP contribution in [0.4, 0.5) is 4.39 Å². The lowest BCUT2D eigenvalue weighted by Crippen LogP contribution is -2.57. The van der Waals surface area contributed by atoms with Gasteiger partial charge in [-0.1, -0.05) is 12.1 Å². The largest absolute Gasteiger partial charge is 0.489 e. The quantitative estimate of drug-likeness (QED) is 0.589. The fourth-order valence-corrected chi connectivity index (χ4v) is 3.12.